The molecule has 34 heavy (non-hydrogen) atoms. The smallest absolute Gasteiger partial charge is 0.353 e. The Morgan fingerprint density at radius 3 is 2.56 bits per heavy atom. The molecule has 1 spiro atoms. The van der Waals surface area contributed by atoms with E-state index in [0.717, 1.165) is 50.9 Å². The molecule has 0 aromatic heterocycles. The van der Waals surface area contributed by atoms with Crippen molar-refractivity contribution >= 4 is 5.91 Å². The summed E-state index contributed by atoms with van der Waals surface area (Å²) in [5.74, 6) is 1.47. The summed E-state index contributed by atoms with van der Waals surface area (Å²) in [4.78, 5) is 17.5. The molecule has 0 radical (unpaired) electrons. The lowest BCUT2D eigenvalue weighted by Crippen LogP contribution is -2.63. The molecule has 5 nitrogen and oxygen atoms in total. The SMILES string of the molecule is CC(C)[C@H]1CO[C@]23CC[C@H](N(Cc4ccc(C(F)(F)F)cc4)CC4CNC4)C[C@H]2CCC(=O)N13. The first-order valence-electron chi connectivity index (χ1n) is 12.7. The molecule has 3 heterocycles. The largest absolute Gasteiger partial charge is 0.416 e. The summed E-state index contributed by atoms with van der Waals surface area (Å²) in [7, 11) is 0. The summed E-state index contributed by atoms with van der Waals surface area (Å²) < 4.78 is 45.5. The van der Waals surface area contributed by atoms with Gasteiger partial charge >= 0.3 is 6.18 Å². The third kappa shape index (κ3) is 4.37. The van der Waals surface area contributed by atoms with Crippen LogP contribution in [0.25, 0.3) is 0 Å². The number of hydrogen-bond donors (Lipinski definition) is 1. The van der Waals surface area contributed by atoms with E-state index in [1.807, 2.05) is 0 Å². The molecular formula is C26H36F3N3O2. The third-order valence-corrected chi connectivity index (χ3v) is 8.56. The number of nitrogens with one attached hydrogen (secondary N) is 1. The fraction of sp³-hybridized carbons (Fsp3) is 0.731. The predicted molar refractivity (Wildman–Crippen MR) is 123 cm³/mol. The molecule has 0 bridgehead atoms. The fourth-order valence-corrected chi connectivity index (χ4v) is 6.53. The van der Waals surface area contributed by atoms with E-state index in [-0.39, 0.29) is 11.9 Å². The van der Waals surface area contributed by atoms with Crippen molar-refractivity contribution in [1.82, 2.24) is 15.1 Å². The first-order valence-corrected chi connectivity index (χ1v) is 12.7. The second-order valence-electron chi connectivity index (χ2n) is 11.0. The van der Waals surface area contributed by atoms with Crippen molar-refractivity contribution in [3.05, 3.63) is 35.4 Å². The predicted octanol–water partition coefficient (Wildman–Crippen LogP) is 4.27. The average Bonchev–Trinajstić information content (AvgIpc) is 3.16. The zero-order chi connectivity index (χ0) is 24.1. The second-order valence-corrected chi connectivity index (χ2v) is 11.0. The summed E-state index contributed by atoms with van der Waals surface area (Å²) in [6.45, 7) is 8.51. The molecule has 3 saturated heterocycles. The van der Waals surface area contributed by atoms with E-state index in [0.29, 0.717) is 43.4 Å². The number of piperidine rings is 1. The maximum absolute atomic E-state index is 13.0. The molecule has 4 fully saturated rings. The highest BCUT2D eigenvalue weighted by atomic mass is 19.4. The number of hydrogen-bond acceptors (Lipinski definition) is 4. The summed E-state index contributed by atoms with van der Waals surface area (Å²) >= 11 is 0. The van der Waals surface area contributed by atoms with Gasteiger partial charge in [-0.3, -0.25) is 9.69 Å². The fourth-order valence-electron chi connectivity index (χ4n) is 6.53. The van der Waals surface area contributed by atoms with Gasteiger partial charge in [-0.25, -0.2) is 0 Å². The number of carbonyl (C=O) groups excluding carboxylic acids is 1. The van der Waals surface area contributed by atoms with Crippen LogP contribution in [-0.2, 0) is 22.3 Å². The summed E-state index contributed by atoms with van der Waals surface area (Å²) in [5, 5.41) is 3.34. The van der Waals surface area contributed by atoms with Gasteiger partial charge in [0, 0.05) is 44.6 Å². The van der Waals surface area contributed by atoms with E-state index in [9.17, 15) is 18.0 Å². The Hall–Kier alpha value is -1.64. The van der Waals surface area contributed by atoms with E-state index >= 15 is 0 Å². The van der Waals surface area contributed by atoms with Crippen molar-refractivity contribution in [2.45, 2.75) is 76.5 Å². The van der Waals surface area contributed by atoms with Gasteiger partial charge in [0.2, 0.25) is 5.91 Å². The van der Waals surface area contributed by atoms with E-state index < -0.39 is 17.5 Å². The minimum absolute atomic E-state index is 0.149. The molecule has 5 rings (SSSR count). The Bertz CT molecular complexity index is 886. The maximum atomic E-state index is 13.0. The highest BCUT2D eigenvalue weighted by Gasteiger charge is 2.59. The standard InChI is InChI=1S/C26H36F3N3O2/c1-17(2)23-16-34-25-10-9-22(11-21(25)7-8-24(33)32(23)25)31(15-19-12-30-13-19)14-18-3-5-20(6-4-18)26(27,28)29/h3-6,17,19,21-23,30H,7-16H2,1-2H3/t21-,22+,23-,25-/m1/s1. The van der Waals surface area contributed by atoms with Gasteiger partial charge in [-0.15, -0.1) is 0 Å². The Kier molecular flexibility index (Phi) is 6.44. The molecule has 3 aliphatic heterocycles. The number of halogens is 3. The van der Waals surface area contributed by atoms with Gasteiger partial charge in [0.05, 0.1) is 18.2 Å². The second kappa shape index (κ2) is 9.10. The lowest BCUT2D eigenvalue weighted by Gasteiger charge is -2.54. The summed E-state index contributed by atoms with van der Waals surface area (Å²) in [5.41, 5.74) is -0.146. The van der Waals surface area contributed by atoms with Gasteiger partial charge in [0.1, 0.15) is 5.72 Å². The monoisotopic (exact) mass is 479 g/mol. The molecule has 188 valence electrons. The van der Waals surface area contributed by atoms with Gasteiger partial charge in [0.15, 0.2) is 0 Å². The molecule has 0 unspecified atom stereocenters. The van der Waals surface area contributed by atoms with E-state index in [4.69, 9.17) is 4.74 Å². The van der Waals surface area contributed by atoms with E-state index in [1.54, 1.807) is 12.1 Å². The van der Waals surface area contributed by atoms with Crippen molar-refractivity contribution in [2.75, 3.05) is 26.2 Å². The van der Waals surface area contributed by atoms with Crippen molar-refractivity contribution < 1.29 is 22.7 Å². The van der Waals surface area contributed by atoms with Crippen molar-refractivity contribution in [3.8, 4) is 0 Å². The minimum atomic E-state index is -4.31. The van der Waals surface area contributed by atoms with Gasteiger partial charge < -0.3 is 15.0 Å². The summed E-state index contributed by atoms with van der Waals surface area (Å²) in [6.07, 6.45) is -0.134. The zero-order valence-electron chi connectivity index (χ0n) is 20.1. The molecule has 1 saturated carbocycles. The number of benzene rings is 1. The Morgan fingerprint density at radius 2 is 1.94 bits per heavy atom. The van der Waals surface area contributed by atoms with Crippen molar-refractivity contribution in [2.24, 2.45) is 17.8 Å². The van der Waals surface area contributed by atoms with Gasteiger partial charge in [-0.1, -0.05) is 26.0 Å². The quantitative estimate of drug-likeness (QED) is 0.662. The number of nitrogens with zero attached hydrogens (tertiary/aromatic N) is 2. The molecule has 4 aliphatic rings. The van der Waals surface area contributed by atoms with Crippen LogP contribution in [0, 0.1) is 17.8 Å². The Labute approximate surface area is 200 Å². The average molecular weight is 480 g/mol. The summed E-state index contributed by atoms with van der Waals surface area (Å²) in [6, 6.07) is 6.11. The lowest BCUT2D eigenvalue weighted by molar-refractivity contribution is -0.192. The number of carbonyl (C=O) groups is 1. The number of ether oxygens (including phenoxy) is 1. The molecule has 1 N–H and O–H groups in total. The van der Waals surface area contributed by atoms with Crippen LogP contribution >= 0.6 is 0 Å². The van der Waals surface area contributed by atoms with Crippen LogP contribution in [0.4, 0.5) is 13.2 Å². The highest BCUT2D eigenvalue weighted by molar-refractivity contribution is 5.78. The maximum Gasteiger partial charge on any atom is 0.416 e. The molecule has 1 amide bonds. The van der Waals surface area contributed by atoms with Crippen LogP contribution in [0.1, 0.15) is 57.1 Å². The molecule has 1 aromatic carbocycles. The molecule has 8 heteroatoms. The number of rotatable bonds is 6. The molecule has 1 aromatic rings. The van der Waals surface area contributed by atoms with E-state index in [2.05, 4.69) is 29.0 Å². The Morgan fingerprint density at radius 1 is 1.21 bits per heavy atom. The van der Waals surface area contributed by atoms with Crippen LogP contribution in [0.15, 0.2) is 24.3 Å². The highest BCUT2D eigenvalue weighted by Crippen LogP contribution is 2.51. The van der Waals surface area contributed by atoms with E-state index in [1.165, 1.54) is 12.1 Å². The third-order valence-electron chi connectivity index (χ3n) is 8.56. The van der Waals surface area contributed by atoms with Gasteiger partial charge in [-0.2, -0.15) is 13.2 Å². The number of amides is 1. The molecule has 1 aliphatic carbocycles. The van der Waals surface area contributed by atoms with Gasteiger partial charge in [-0.05, 0) is 55.2 Å². The molecular weight excluding hydrogens is 443 g/mol. The van der Waals surface area contributed by atoms with Crippen LogP contribution in [0.3, 0.4) is 0 Å². The van der Waals surface area contributed by atoms with Gasteiger partial charge in [0.25, 0.3) is 0 Å². The first-order chi connectivity index (χ1) is 16.2. The normalized spacial score (nSPS) is 32.1. The minimum Gasteiger partial charge on any atom is -0.353 e. The van der Waals surface area contributed by atoms with Crippen LogP contribution in [0.2, 0.25) is 0 Å². The first kappa shape index (κ1) is 24.1. The van der Waals surface area contributed by atoms with Crippen LogP contribution < -0.4 is 5.32 Å². The van der Waals surface area contributed by atoms with Crippen molar-refractivity contribution in [3.63, 3.8) is 0 Å². The Balaban J connectivity index is 1.33. The molecule has 4 atom stereocenters. The van der Waals surface area contributed by atoms with Crippen LogP contribution in [0.5, 0.6) is 0 Å². The van der Waals surface area contributed by atoms with Crippen molar-refractivity contribution in [1.29, 1.82) is 0 Å². The number of alkyl halides is 3. The van der Waals surface area contributed by atoms with Crippen LogP contribution in [-0.4, -0.2) is 59.8 Å². The topological polar surface area (TPSA) is 44.8 Å². The lowest BCUT2D eigenvalue weighted by atomic mass is 9.72. The zero-order valence-corrected chi connectivity index (χ0v) is 20.1.